The van der Waals surface area contributed by atoms with Crippen LogP contribution in [0, 0.1) is 0 Å². The quantitative estimate of drug-likeness (QED) is 0.527. The van der Waals surface area contributed by atoms with Gasteiger partial charge in [-0.2, -0.15) is 0 Å². The van der Waals surface area contributed by atoms with E-state index in [1.54, 1.807) is 14.2 Å². The lowest BCUT2D eigenvalue weighted by molar-refractivity contribution is 0.107. The molecule has 0 amide bonds. The molecule has 1 atom stereocenters. The van der Waals surface area contributed by atoms with Crippen LogP contribution in [0.15, 0.2) is 0 Å². The van der Waals surface area contributed by atoms with E-state index < -0.39 is 0 Å². The van der Waals surface area contributed by atoms with Gasteiger partial charge in [0.25, 0.3) is 0 Å². The second-order valence-corrected chi connectivity index (χ2v) is 4.47. The number of ether oxygens (including phenoxy) is 2. The Morgan fingerprint density at radius 3 is 2.35 bits per heavy atom. The maximum Gasteiger partial charge on any atom is 0.0589 e. The lowest BCUT2D eigenvalue weighted by Gasteiger charge is -2.29. The average molecular weight is 246 g/mol. The molecule has 1 N–H and O–H groups in total. The lowest BCUT2D eigenvalue weighted by atomic mass is 10.1. The number of hydrogen-bond acceptors (Lipinski definition) is 4. The minimum absolute atomic E-state index is 0.621. The fourth-order valence-electron chi connectivity index (χ4n) is 1.93. The van der Waals surface area contributed by atoms with Crippen LogP contribution in [0.5, 0.6) is 0 Å². The summed E-state index contributed by atoms with van der Waals surface area (Å²) in [6, 6.07) is 0.621. The molecule has 1 unspecified atom stereocenters. The molecule has 0 saturated heterocycles. The third-order valence-corrected chi connectivity index (χ3v) is 3.05. The van der Waals surface area contributed by atoms with Crippen molar-refractivity contribution in [3.63, 3.8) is 0 Å². The first kappa shape index (κ1) is 16.8. The van der Waals surface area contributed by atoms with Gasteiger partial charge >= 0.3 is 0 Å². The summed E-state index contributed by atoms with van der Waals surface area (Å²) in [6.07, 6.45) is 3.56. The molecule has 0 bridgehead atoms. The van der Waals surface area contributed by atoms with Crippen molar-refractivity contribution in [3.8, 4) is 0 Å². The van der Waals surface area contributed by atoms with E-state index in [1.807, 2.05) is 7.05 Å². The second-order valence-electron chi connectivity index (χ2n) is 4.47. The van der Waals surface area contributed by atoms with Crippen LogP contribution in [0.4, 0.5) is 0 Å². The Morgan fingerprint density at radius 2 is 1.76 bits per heavy atom. The Hall–Kier alpha value is -0.160. The standard InChI is InChI=1S/C13H30N2O2/c1-13(7-5-8-14-2)15(10-12-17-4)9-6-11-16-3/h13-14H,5-12H2,1-4H3. The van der Waals surface area contributed by atoms with Crippen molar-refractivity contribution in [3.05, 3.63) is 0 Å². The number of methoxy groups -OCH3 is 2. The van der Waals surface area contributed by atoms with Crippen molar-refractivity contribution in [2.45, 2.75) is 32.2 Å². The first-order valence-electron chi connectivity index (χ1n) is 6.62. The highest BCUT2D eigenvalue weighted by Gasteiger charge is 2.12. The van der Waals surface area contributed by atoms with E-state index in [4.69, 9.17) is 9.47 Å². The fourth-order valence-corrected chi connectivity index (χ4v) is 1.93. The van der Waals surface area contributed by atoms with Crippen molar-refractivity contribution >= 4 is 0 Å². The van der Waals surface area contributed by atoms with Crippen LogP contribution < -0.4 is 5.32 Å². The van der Waals surface area contributed by atoms with Crippen molar-refractivity contribution in [1.29, 1.82) is 0 Å². The van der Waals surface area contributed by atoms with Crippen LogP contribution in [0.2, 0.25) is 0 Å². The molecule has 0 spiro atoms. The van der Waals surface area contributed by atoms with Crippen LogP contribution in [0.3, 0.4) is 0 Å². The van der Waals surface area contributed by atoms with Gasteiger partial charge in [0.2, 0.25) is 0 Å². The largest absolute Gasteiger partial charge is 0.385 e. The molecule has 104 valence electrons. The second kappa shape index (κ2) is 12.3. The maximum absolute atomic E-state index is 5.17. The maximum atomic E-state index is 5.17. The van der Waals surface area contributed by atoms with Crippen molar-refractivity contribution < 1.29 is 9.47 Å². The lowest BCUT2D eigenvalue weighted by Crippen LogP contribution is -2.37. The Bertz CT molecular complexity index is 156. The summed E-state index contributed by atoms with van der Waals surface area (Å²) in [6.45, 7) is 7.16. The van der Waals surface area contributed by atoms with Gasteiger partial charge in [0.05, 0.1) is 6.61 Å². The van der Waals surface area contributed by atoms with Crippen LogP contribution >= 0.6 is 0 Å². The molecule has 0 aromatic carbocycles. The van der Waals surface area contributed by atoms with Gasteiger partial charge in [-0.05, 0) is 39.8 Å². The summed E-state index contributed by atoms with van der Waals surface area (Å²) in [7, 11) is 5.53. The summed E-state index contributed by atoms with van der Waals surface area (Å²) >= 11 is 0. The fraction of sp³-hybridized carbons (Fsp3) is 1.00. The van der Waals surface area contributed by atoms with E-state index >= 15 is 0 Å². The molecule has 0 aromatic rings. The van der Waals surface area contributed by atoms with E-state index in [0.717, 1.165) is 39.3 Å². The molecule has 0 radical (unpaired) electrons. The zero-order valence-corrected chi connectivity index (χ0v) is 12.0. The summed E-state index contributed by atoms with van der Waals surface area (Å²) in [5, 5.41) is 3.19. The summed E-state index contributed by atoms with van der Waals surface area (Å²) in [4.78, 5) is 2.50. The molecular weight excluding hydrogens is 216 g/mol. The van der Waals surface area contributed by atoms with Gasteiger partial charge in [-0.25, -0.2) is 0 Å². The molecule has 4 heteroatoms. The highest BCUT2D eigenvalue weighted by Crippen LogP contribution is 2.07. The monoisotopic (exact) mass is 246 g/mol. The summed E-state index contributed by atoms with van der Waals surface area (Å²) in [5.74, 6) is 0. The van der Waals surface area contributed by atoms with Gasteiger partial charge in [-0.3, -0.25) is 4.90 Å². The molecule has 0 fully saturated rings. The zero-order chi connectivity index (χ0) is 12.9. The SMILES string of the molecule is CNCCCC(C)N(CCCOC)CCOC. The van der Waals surface area contributed by atoms with E-state index in [0.29, 0.717) is 6.04 Å². The number of rotatable bonds is 12. The Labute approximate surface area is 107 Å². The van der Waals surface area contributed by atoms with Crippen molar-refractivity contribution in [2.24, 2.45) is 0 Å². The molecule has 0 aromatic heterocycles. The van der Waals surface area contributed by atoms with E-state index in [9.17, 15) is 0 Å². The van der Waals surface area contributed by atoms with Gasteiger partial charge in [-0.15, -0.1) is 0 Å². The molecular formula is C13H30N2O2. The molecule has 0 aliphatic heterocycles. The minimum Gasteiger partial charge on any atom is -0.385 e. The normalized spacial score (nSPS) is 13.2. The molecule has 0 rings (SSSR count). The van der Waals surface area contributed by atoms with Crippen LogP contribution in [0.25, 0.3) is 0 Å². The average Bonchev–Trinajstić information content (AvgIpc) is 2.33. The van der Waals surface area contributed by atoms with Crippen LogP contribution in [-0.4, -0.2) is 65.1 Å². The first-order chi connectivity index (χ1) is 8.26. The first-order valence-corrected chi connectivity index (χ1v) is 6.62. The number of nitrogens with zero attached hydrogens (tertiary/aromatic N) is 1. The molecule has 4 nitrogen and oxygen atoms in total. The predicted octanol–water partition coefficient (Wildman–Crippen LogP) is 1.36. The number of hydrogen-bond donors (Lipinski definition) is 1. The van der Waals surface area contributed by atoms with Gasteiger partial charge in [0.1, 0.15) is 0 Å². The van der Waals surface area contributed by atoms with Crippen LogP contribution in [-0.2, 0) is 9.47 Å². The van der Waals surface area contributed by atoms with Crippen molar-refractivity contribution in [1.82, 2.24) is 10.2 Å². The molecule has 17 heavy (non-hydrogen) atoms. The molecule has 0 aliphatic rings. The molecule has 0 saturated carbocycles. The van der Waals surface area contributed by atoms with E-state index in [-0.39, 0.29) is 0 Å². The third kappa shape index (κ3) is 9.53. The Balaban J connectivity index is 3.86. The highest BCUT2D eigenvalue weighted by molar-refractivity contribution is 4.68. The highest BCUT2D eigenvalue weighted by atomic mass is 16.5. The Kier molecular flexibility index (Phi) is 12.2. The smallest absolute Gasteiger partial charge is 0.0589 e. The summed E-state index contributed by atoms with van der Waals surface area (Å²) < 4.78 is 10.3. The minimum atomic E-state index is 0.621. The third-order valence-electron chi connectivity index (χ3n) is 3.05. The van der Waals surface area contributed by atoms with Gasteiger partial charge in [0.15, 0.2) is 0 Å². The topological polar surface area (TPSA) is 33.7 Å². The Morgan fingerprint density at radius 1 is 1.06 bits per heavy atom. The zero-order valence-electron chi connectivity index (χ0n) is 12.0. The van der Waals surface area contributed by atoms with Gasteiger partial charge < -0.3 is 14.8 Å². The van der Waals surface area contributed by atoms with E-state index in [1.165, 1.54) is 12.8 Å². The van der Waals surface area contributed by atoms with Crippen LogP contribution in [0.1, 0.15) is 26.2 Å². The van der Waals surface area contributed by atoms with Gasteiger partial charge in [0, 0.05) is 40.0 Å². The predicted molar refractivity (Wildman–Crippen MR) is 72.6 cm³/mol. The van der Waals surface area contributed by atoms with E-state index in [2.05, 4.69) is 17.1 Å². The van der Waals surface area contributed by atoms with Crippen molar-refractivity contribution in [2.75, 3.05) is 54.1 Å². The summed E-state index contributed by atoms with van der Waals surface area (Å²) in [5.41, 5.74) is 0. The van der Waals surface area contributed by atoms with Gasteiger partial charge in [-0.1, -0.05) is 0 Å². The molecule has 0 aliphatic carbocycles. The molecule has 0 heterocycles. The number of nitrogens with one attached hydrogen (secondary N) is 1.